The van der Waals surface area contributed by atoms with Gasteiger partial charge in [0.05, 0.1) is 6.10 Å². The number of piperidine rings is 1. The van der Waals surface area contributed by atoms with Gasteiger partial charge in [0, 0.05) is 19.1 Å². The summed E-state index contributed by atoms with van der Waals surface area (Å²) >= 11 is 0. The van der Waals surface area contributed by atoms with Crippen LogP contribution in [0.2, 0.25) is 0 Å². The van der Waals surface area contributed by atoms with Crippen LogP contribution in [0.3, 0.4) is 0 Å². The average molecular weight is 290 g/mol. The molecule has 0 spiro atoms. The molecule has 0 radical (unpaired) electrons. The molecule has 3 nitrogen and oxygen atoms in total. The lowest BCUT2D eigenvalue weighted by Gasteiger charge is -2.30. The number of nitrogens with zero attached hydrogens (tertiary/aromatic N) is 1. The molecule has 1 aromatic rings. The third kappa shape index (κ3) is 5.68. The van der Waals surface area contributed by atoms with Gasteiger partial charge in [-0.3, -0.25) is 4.90 Å². The summed E-state index contributed by atoms with van der Waals surface area (Å²) < 4.78 is 5.70. The maximum absolute atomic E-state index is 5.70. The molecule has 1 N–H and O–H groups in total. The summed E-state index contributed by atoms with van der Waals surface area (Å²) in [6.45, 7) is 10.8. The molecule has 0 saturated carbocycles. The van der Waals surface area contributed by atoms with E-state index >= 15 is 0 Å². The van der Waals surface area contributed by atoms with Crippen molar-refractivity contribution in [3.63, 3.8) is 0 Å². The van der Waals surface area contributed by atoms with E-state index in [2.05, 4.69) is 55.3 Å². The minimum atomic E-state index is 0.236. The summed E-state index contributed by atoms with van der Waals surface area (Å²) in [5.74, 6) is 0.964. The highest BCUT2D eigenvalue weighted by molar-refractivity contribution is 5.27. The SMILES string of the molecule is CCN(Cc1ccc(OC(C)C)cc1)CC1CCCCN1. The van der Waals surface area contributed by atoms with Gasteiger partial charge in [0.2, 0.25) is 0 Å². The van der Waals surface area contributed by atoms with Crippen molar-refractivity contribution < 1.29 is 4.74 Å². The molecule has 0 bridgehead atoms. The van der Waals surface area contributed by atoms with Crippen LogP contribution in [-0.2, 0) is 6.54 Å². The van der Waals surface area contributed by atoms with E-state index in [1.165, 1.54) is 31.4 Å². The molecule has 0 aromatic heterocycles. The molecule has 1 aliphatic rings. The van der Waals surface area contributed by atoms with Crippen LogP contribution in [0.1, 0.15) is 45.6 Å². The van der Waals surface area contributed by atoms with E-state index in [-0.39, 0.29) is 6.10 Å². The Morgan fingerprint density at radius 1 is 1.24 bits per heavy atom. The monoisotopic (exact) mass is 290 g/mol. The molecule has 2 rings (SSSR count). The van der Waals surface area contributed by atoms with E-state index in [1.807, 2.05) is 0 Å². The molecule has 0 aliphatic carbocycles. The summed E-state index contributed by atoms with van der Waals surface area (Å²) in [4.78, 5) is 2.53. The number of rotatable bonds is 7. The second-order valence-corrected chi connectivity index (χ2v) is 6.29. The van der Waals surface area contributed by atoms with Crippen molar-refractivity contribution in [3.8, 4) is 5.75 Å². The van der Waals surface area contributed by atoms with Crippen LogP contribution in [-0.4, -0.2) is 36.7 Å². The zero-order chi connectivity index (χ0) is 15.1. The van der Waals surface area contributed by atoms with Crippen LogP contribution >= 0.6 is 0 Å². The minimum Gasteiger partial charge on any atom is -0.491 e. The first-order valence-corrected chi connectivity index (χ1v) is 8.38. The van der Waals surface area contributed by atoms with E-state index < -0.39 is 0 Å². The fourth-order valence-corrected chi connectivity index (χ4v) is 2.90. The highest BCUT2D eigenvalue weighted by atomic mass is 16.5. The topological polar surface area (TPSA) is 24.5 Å². The molecule has 3 heteroatoms. The predicted molar refractivity (Wildman–Crippen MR) is 88.8 cm³/mol. The number of likely N-dealkylation sites (N-methyl/N-ethyl adjacent to an activating group) is 1. The lowest BCUT2D eigenvalue weighted by atomic mass is 10.0. The molecule has 1 unspecified atom stereocenters. The Bertz CT molecular complexity index is 396. The highest BCUT2D eigenvalue weighted by Gasteiger charge is 2.15. The third-order valence-electron chi connectivity index (χ3n) is 4.04. The Morgan fingerprint density at radius 2 is 2.00 bits per heavy atom. The largest absolute Gasteiger partial charge is 0.491 e. The van der Waals surface area contributed by atoms with Gasteiger partial charge in [0.25, 0.3) is 0 Å². The van der Waals surface area contributed by atoms with Crippen molar-refractivity contribution in [2.75, 3.05) is 19.6 Å². The standard InChI is InChI=1S/C18H30N2O/c1-4-20(14-17-7-5-6-12-19-17)13-16-8-10-18(11-9-16)21-15(2)3/h8-11,15,17,19H,4-7,12-14H2,1-3H3. The Hall–Kier alpha value is -1.06. The van der Waals surface area contributed by atoms with Gasteiger partial charge in [-0.25, -0.2) is 0 Å². The van der Waals surface area contributed by atoms with E-state index in [0.29, 0.717) is 6.04 Å². The van der Waals surface area contributed by atoms with Crippen molar-refractivity contribution >= 4 is 0 Å². The van der Waals surface area contributed by atoms with Gasteiger partial charge in [-0.2, -0.15) is 0 Å². The lowest BCUT2D eigenvalue weighted by molar-refractivity contribution is 0.226. The molecule has 1 aliphatic heterocycles. The first-order valence-electron chi connectivity index (χ1n) is 8.38. The second kappa shape index (κ2) is 8.40. The van der Waals surface area contributed by atoms with E-state index in [4.69, 9.17) is 4.74 Å². The van der Waals surface area contributed by atoms with Crippen LogP contribution in [0, 0.1) is 0 Å². The summed E-state index contributed by atoms with van der Waals surface area (Å²) in [5, 5.41) is 3.64. The van der Waals surface area contributed by atoms with Crippen LogP contribution < -0.4 is 10.1 Å². The molecule has 1 atom stereocenters. The van der Waals surface area contributed by atoms with Crippen molar-refractivity contribution in [1.29, 1.82) is 0 Å². The fraction of sp³-hybridized carbons (Fsp3) is 0.667. The van der Waals surface area contributed by atoms with Gasteiger partial charge >= 0.3 is 0 Å². The van der Waals surface area contributed by atoms with Crippen molar-refractivity contribution in [3.05, 3.63) is 29.8 Å². The molecule has 1 saturated heterocycles. The number of nitrogens with one attached hydrogen (secondary N) is 1. The van der Waals surface area contributed by atoms with E-state index in [0.717, 1.165) is 25.4 Å². The fourth-order valence-electron chi connectivity index (χ4n) is 2.90. The third-order valence-corrected chi connectivity index (χ3v) is 4.04. The van der Waals surface area contributed by atoms with E-state index in [9.17, 15) is 0 Å². The number of hydrogen-bond donors (Lipinski definition) is 1. The summed E-state index contributed by atoms with van der Waals surface area (Å²) in [6.07, 6.45) is 4.26. The Balaban J connectivity index is 1.85. The van der Waals surface area contributed by atoms with Gasteiger partial charge in [-0.1, -0.05) is 25.5 Å². The minimum absolute atomic E-state index is 0.236. The predicted octanol–water partition coefficient (Wildman–Crippen LogP) is 3.44. The Kier molecular flexibility index (Phi) is 6.52. The zero-order valence-corrected chi connectivity index (χ0v) is 13.8. The van der Waals surface area contributed by atoms with Crippen molar-refractivity contribution in [1.82, 2.24) is 10.2 Å². The summed E-state index contributed by atoms with van der Waals surface area (Å²) in [5.41, 5.74) is 1.36. The summed E-state index contributed by atoms with van der Waals surface area (Å²) in [6, 6.07) is 9.22. The quantitative estimate of drug-likeness (QED) is 0.832. The first kappa shape index (κ1) is 16.3. The Morgan fingerprint density at radius 3 is 2.57 bits per heavy atom. The maximum Gasteiger partial charge on any atom is 0.119 e. The zero-order valence-electron chi connectivity index (χ0n) is 13.8. The molecule has 0 amide bonds. The number of benzene rings is 1. The maximum atomic E-state index is 5.70. The number of hydrogen-bond acceptors (Lipinski definition) is 3. The molecule has 118 valence electrons. The first-order chi connectivity index (χ1) is 10.2. The number of ether oxygens (including phenoxy) is 1. The van der Waals surface area contributed by atoms with Crippen LogP contribution in [0.25, 0.3) is 0 Å². The lowest BCUT2D eigenvalue weighted by Crippen LogP contribution is -2.43. The van der Waals surface area contributed by atoms with Gasteiger partial charge in [-0.05, 0) is 57.5 Å². The van der Waals surface area contributed by atoms with Gasteiger partial charge < -0.3 is 10.1 Å². The second-order valence-electron chi connectivity index (χ2n) is 6.29. The van der Waals surface area contributed by atoms with Crippen LogP contribution in [0.4, 0.5) is 0 Å². The molecular formula is C18H30N2O. The van der Waals surface area contributed by atoms with Crippen LogP contribution in [0.5, 0.6) is 5.75 Å². The smallest absolute Gasteiger partial charge is 0.119 e. The summed E-state index contributed by atoms with van der Waals surface area (Å²) in [7, 11) is 0. The van der Waals surface area contributed by atoms with Crippen molar-refractivity contribution in [2.24, 2.45) is 0 Å². The Labute approximate surface area is 129 Å². The highest BCUT2D eigenvalue weighted by Crippen LogP contribution is 2.16. The van der Waals surface area contributed by atoms with Gasteiger partial charge in [0.15, 0.2) is 0 Å². The van der Waals surface area contributed by atoms with Gasteiger partial charge in [0.1, 0.15) is 5.75 Å². The molecule has 1 aromatic carbocycles. The van der Waals surface area contributed by atoms with Gasteiger partial charge in [-0.15, -0.1) is 0 Å². The molecule has 21 heavy (non-hydrogen) atoms. The normalized spacial score (nSPS) is 19.2. The van der Waals surface area contributed by atoms with E-state index in [1.54, 1.807) is 0 Å². The molecule has 1 heterocycles. The molecular weight excluding hydrogens is 260 g/mol. The molecule has 1 fully saturated rings. The van der Waals surface area contributed by atoms with Crippen molar-refractivity contribution in [2.45, 2.75) is 58.7 Å². The van der Waals surface area contributed by atoms with Crippen LogP contribution in [0.15, 0.2) is 24.3 Å². The average Bonchev–Trinajstić information content (AvgIpc) is 2.49.